The smallest absolute Gasteiger partial charge is 0.336 e. The van der Waals surface area contributed by atoms with E-state index in [-0.39, 0.29) is 11.1 Å². The highest BCUT2D eigenvalue weighted by atomic mass is 19.4. The summed E-state index contributed by atoms with van der Waals surface area (Å²) in [6, 6.07) is 3.13. The summed E-state index contributed by atoms with van der Waals surface area (Å²) in [4.78, 5) is 15.1. The number of aromatic nitrogens is 2. The average Bonchev–Trinajstić information content (AvgIpc) is 2.96. The van der Waals surface area contributed by atoms with Crippen molar-refractivity contribution in [3.63, 3.8) is 0 Å². The maximum Gasteiger partial charge on any atom is 0.471 e. The van der Waals surface area contributed by atoms with E-state index in [1.54, 1.807) is 13.8 Å². The number of hydrogen-bond acceptors (Lipinski definition) is 4. The largest absolute Gasteiger partial charge is 0.471 e. The number of nitrogens with one attached hydrogen (secondary N) is 1. The van der Waals surface area contributed by atoms with E-state index in [1.807, 2.05) is 0 Å². The van der Waals surface area contributed by atoms with Crippen molar-refractivity contribution in [2.75, 3.05) is 0 Å². The molecule has 9 heteroatoms. The Morgan fingerprint density at radius 2 is 2.00 bits per heavy atom. The van der Waals surface area contributed by atoms with Gasteiger partial charge in [0, 0.05) is 5.56 Å². The molecule has 0 saturated heterocycles. The van der Waals surface area contributed by atoms with E-state index in [9.17, 15) is 22.4 Å². The Bertz CT molecular complexity index is 819. The summed E-state index contributed by atoms with van der Waals surface area (Å²) in [7, 11) is 0. The number of alkyl halides is 3. The number of nitrogens with zero attached hydrogens (tertiary/aromatic N) is 2. The van der Waals surface area contributed by atoms with Gasteiger partial charge in [0.25, 0.3) is 5.91 Å². The first-order valence-corrected chi connectivity index (χ1v) is 6.54. The molecule has 0 saturated carbocycles. The lowest BCUT2D eigenvalue weighted by atomic mass is 10.0. The Balaban J connectivity index is 2.29. The second kappa shape index (κ2) is 5.96. The molecule has 1 N–H and O–H groups in total. The summed E-state index contributed by atoms with van der Waals surface area (Å²) in [5, 5.41) is 5.57. The molecule has 0 radical (unpaired) electrons. The number of carbonyl (C=O) groups is 1. The van der Waals surface area contributed by atoms with Gasteiger partial charge in [0.15, 0.2) is 0 Å². The lowest BCUT2D eigenvalue weighted by molar-refractivity contribution is -0.159. The van der Waals surface area contributed by atoms with E-state index in [2.05, 4.69) is 25.9 Å². The highest BCUT2D eigenvalue weighted by Crippen LogP contribution is 2.29. The third-order valence-electron chi connectivity index (χ3n) is 2.93. The van der Waals surface area contributed by atoms with Gasteiger partial charge in [-0.1, -0.05) is 17.1 Å². The number of benzene rings is 1. The molecule has 0 aliphatic rings. The number of carbonyl (C=O) groups excluding carboxylic acids is 1. The molecule has 0 atom stereocenters. The fraction of sp³-hybridized carbons (Fsp3) is 0.267. The second-order valence-electron chi connectivity index (χ2n) is 5.34. The zero-order valence-corrected chi connectivity index (χ0v) is 12.5. The minimum absolute atomic E-state index is 0.0699. The van der Waals surface area contributed by atoms with Crippen LogP contribution in [0.2, 0.25) is 0 Å². The van der Waals surface area contributed by atoms with Crippen molar-refractivity contribution >= 4 is 5.91 Å². The summed E-state index contributed by atoms with van der Waals surface area (Å²) >= 11 is 0. The van der Waals surface area contributed by atoms with Crippen LogP contribution in [0.1, 0.15) is 30.1 Å². The van der Waals surface area contributed by atoms with Crippen LogP contribution in [0.15, 0.2) is 22.7 Å². The van der Waals surface area contributed by atoms with Crippen LogP contribution in [0.25, 0.3) is 11.4 Å². The zero-order chi connectivity index (χ0) is 18.1. The standard InChI is InChI=1S/C15H11F4N3O2/c1-4-14(2,3)21-12(23)9-6-5-8(7-10(9)16)11-20-13(24-22-11)15(17,18)19/h1,5-7H,2-3H3,(H,21,23). The normalized spacial score (nSPS) is 11.9. The Kier molecular flexibility index (Phi) is 4.34. The molecule has 1 aromatic heterocycles. The predicted molar refractivity (Wildman–Crippen MR) is 75.1 cm³/mol. The van der Waals surface area contributed by atoms with Crippen molar-refractivity contribution in [2.45, 2.75) is 25.6 Å². The molecule has 2 rings (SSSR count). The summed E-state index contributed by atoms with van der Waals surface area (Å²) in [6.07, 6.45) is 0.430. The molecule has 0 fully saturated rings. The summed E-state index contributed by atoms with van der Waals surface area (Å²) in [5.41, 5.74) is -1.38. The van der Waals surface area contributed by atoms with Crippen molar-refractivity contribution < 1.29 is 26.9 Å². The molecule has 1 aromatic carbocycles. The topological polar surface area (TPSA) is 68.0 Å². The number of terminal acetylenes is 1. The fourth-order valence-electron chi connectivity index (χ4n) is 1.68. The number of halogens is 4. The van der Waals surface area contributed by atoms with Crippen molar-refractivity contribution in [1.82, 2.24) is 15.5 Å². The molecule has 24 heavy (non-hydrogen) atoms. The van der Waals surface area contributed by atoms with E-state index >= 15 is 0 Å². The Labute approximate surface area is 134 Å². The molecular weight excluding hydrogens is 330 g/mol. The minimum Gasteiger partial charge on any atom is -0.336 e. The first-order chi connectivity index (χ1) is 11.0. The van der Waals surface area contributed by atoms with Crippen LogP contribution in [-0.2, 0) is 6.18 Å². The van der Waals surface area contributed by atoms with Gasteiger partial charge >= 0.3 is 12.1 Å². The van der Waals surface area contributed by atoms with Crippen molar-refractivity contribution in [2.24, 2.45) is 0 Å². The highest BCUT2D eigenvalue weighted by molar-refractivity contribution is 5.95. The Morgan fingerprint density at radius 1 is 1.33 bits per heavy atom. The Morgan fingerprint density at radius 3 is 2.50 bits per heavy atom. The maximum atomic E-state index is 14.1. The van der Waals surface area contributed by atoms with E-state index in [0.29, 0.717) is 0 Å². The first kappa shape index (κ1) is 17.5. The van der Waals surface area contributed by atoms with Gasteiger partial charge in [-0.2, -0.15) is 18.2 Å². The Hall–Kier alpha value is -2.89. The van der Waals surface area contributed by atoms with Crippen LogP contribution in [0.4, 0.5) is 17.6 Å². The van der Waals surface area contributed by atoms with Crippen LogP contribution in [-0.4, -0.2) is 21.6 Å². The monoisotopic (exact) mass is 341 g/mol. The van der Waals surface area contributed by atoms with Gasteiger partial charge in [0.2, 0.25) is 5.82 Å². The van der Waals surface area contributed by atoms with Crippen LogP contribution >= 0.6 is 0 Å². The first-order valence-electron chi connectivity index (χ1n) is 6.54. The van der Waals surface area contributed by atoms with E-state index in [4.69, 9.17) is 6.42 Å². The van der Waals surface area contributed by atoms with Crippen LogP contribution < -0.4 is 5.32 Å². The van der Waals surface area contributed by atoms with Gasteiger partial charge in [0.1, 0.15) is 5.82 Å². The van der Waals surface area contributed by atoms with Crippen LogP contribution in [0, 0.1) is 18.2 Å². The molecule has 1 heterocycles. The molecule has 2 aromatic rings. The average molecular weight is 341 g/mol. The number of hydrogen-bond donors (Lipinski definition) is 1. The van der Waals surface area contributed by atoms with Gasteiger partial charge in [0.05, 0.1) is 11.1 Å². The molecule has 0 unspecified atom stereocenters. The van der Waals surface area contributed by atoms with Gasteiger partial charge in [-0.15, -0.1) is 6.42 Å². The van der Waals surface area contributed by atoms with Gasteiger partial charge in [-0.25, -0.2) is 4.39 Å². The van der Waals surface area contributed by atoms with Crippen LogP contribution in [0.3, 0.4) is 0 Å². The van der Waals surface area contributed by atoms with E-state index in [1.165, 1.54) is 6.07 Å². The maximum absolute atomic E-state index is 14.1. The molecule has 0 aliphatic heterocycles. The number of rotatable bonds is 3. The second-order valence-corrected chi connectivity index (χ2v) is 5.34. The van der Waals surface area contributed by atoms with Gasteiger partial charge in [-0.3, -0.25) is 4.79 Å². The van der Waals surface area contributed by atoms with E-state index < -0.39 is 35.2 Å². The zero-order valence-electron chi connectivity index (χ0n) is 12.5. The fourth-order valence-corrected chi connectivity index (χ4v) is 1.68. The molecule has 0 bridgehead atoms. The molecular formula is C15H11F4N3O2. The molecule has 1 amide bonds. The lowest BCUT2D eigenvalue weighted by Gasteiger charge is -2.19. The molecule has 0 aliphatic carbocycles. The quantitative estimate of drug-likeness (QED) is 0.688. The van der Waals surface area contributed by atoms with Crippen LogP contribution in [0.5, 0.6) is 0 Å². The van der Waals surface area contributed by atoms with Gasteiger partial charge < -0.3 is 9.84 Å². The summed E-state index contributed by atoms with van der Waals surface area (Å²) in [6.45, 7) is 3.10. The predicted octanol–water partition coefficient (Wildman–Crippen LogP) is 3.04. The number of amides is 1. The third kappa shape index (κ3) is 3.71. The van der Waals surface area contributed by atoms with Crippen molar-refractivity contribution in [3.8, 4) is 23.7 Å². The summed E-state index contributed by atoms with van der Waals surface area (Å²) < 4.78 is 55.4. The molecule has 5 nitrogen and oxygen atoms in total. The SMILES string of the molecule is C#CC(C)(C)NC(=O)c1ccc(-c2noc(C(F)(F)F)n2)cc1F. The van der Waals surface area contributed by atoms with Crippen molar-refractivity contribution in [3.05, 3.63) is 35.5 Å². The van der Waals surface area contributed by atoms with Crippen molar-refractivity contribution in [1.29, 1.82) is 0 Å². The molecule has 0 spiro atoms. The van der Waals surface area contributed by atoms with E-state index in [0.717, 1.165) is 12.1 Å². The highest BCUT2D eigenvalue weighted by Gasteiger charge is 2.38. The lowest BCUT2D eigenvalue weighted by Crippen LogP contribution is -2.42. The molecule has 126 valence electrons. The third-order valence-corrected chi connectivity index (χ3v) is 2.93. The minimum atomic E-state index is -4.80. The summed E-state index contributed by atoms with van der Waals surface area (Å²) in [5.74, 6) is -1.39. The van der Waals surface area contributed by atoms with Gasteiger partial charge in [-0.05, 0) is 26.0 Å².